The molecule has 0 atom stereocenters. The van der Waals surface area contributed by atoms with Crippen molar-refractivity contribution in [1.82, 2.24) is 25.5 Å². The maximum atomic E-state index is 13.4. The Labute approximate surface area is 146 Å². The third-order valence-electron chi connectivity index (χ3n) is 3.42. The van der Waals surface area contributed by atoms with Crippen LogP contribution in [0, 0.1) is 11.6 Å². The number of ether oxygens (including phenoxy) is 1. The second-order valence-electron chi connectivity index (χ2n) is 5.14. The van der Waals surface area contributed by atoms with Crippen molar-refractivity contribution >= 4 is 11.7 Å². The van der Waals surface area contributed by atoms with E-state index in [1.54, 1.807) is 24.3 Å². The zero-order valence-corrected chi connectivity index (χ0v) is 13.6. The molecule has 134 valence electrons. The lowest BCUT2D eigenvalue weighted by Crippen LogP contribution is -2.29. The summed E-state index contributed by atoms with van der Waals surface area (Å²) in [5.41, 5.74) is 0.779. The normalized spacial score (nSPS) is 10.4. The predicted octanol–water partition coefficient (Wildman–Crippen LogP) is 2.27. The van der Waals surface area contributed by atoms with Gasteiger partial charge in [-0.1, -0.05) is 6.07 Å². The van der Waals surface area contributed by atoms with Crippen LogP contribution < -0.4 is 15.4 Å². The lowest BCUT2D eigenvalue weighted by Gasteiger charge is -2.09. The van der Waals surface area contributed by atoms with Crippen molar-refractivity contribution in [3.8, 4) is 11.4 Å². The van der Waals surface area contributed by atoms with E-state index in [2.05, 4.69) is 26.2 Å². The van der Waals surface area contributed by atoms with Crippen LogP contribution in [0.3, 0.4) is 0 Å². The summed E-state index contributed by atoms with van der Waals surface area (Å²) in [5.74, 6) is -1.14. The Bertz CT molecular complexity index is 931. The third kappa shape index (κ3) is 3.91. The third-order valence-corrected chi connectivity index (χ3v) is 3.42. The first-order valence-electron chi connectivity index (χ1n) is 7.48. The molecule has 3 rings (SSSR count). The number of hydrogen-bond acceptors (Lipinski definition) is 5. The fourth-order valence-electron chi connectivity index (χ4n) is 2.17. The van der Waals surface area contributed by atoms with E-state index in [0.717, 1.165) is 12.1 Å². The molecule has 26 heavy (non-hydrogen) atoms. The van der Waals surface area contributed by atoms with Crippen LogP contribution in [-0.2, 0) is 6.54 Å². The average molecular weight is 360 g/mol. The fourth-order valence-corrected chi connectivity index (χ4v) is 2.17. The smallest absolute Gasteiger partial charge is 0.319 e. The van der Waals surface area contributed by atoms with Gasteiger partial charge in [0, 0.05) is 17.8 Å². The van der Waals surface area contributed by atoms with Gasteiger partial charge in [-0.05, 0) is 34.7 Å². The molecule has 1 aromatic heterocycles. The van der Waals surface area contributed by atoms with Crippen LogP contribution >= 0.6 is 0 Å². The molecule has 2 amide bonds. The van der Waals surface area contributed by atoms with Crippen LogP contribution in [0.15, 0.2) is 42.5 Å². The Hall–Kier alpha value is -3.56. The largest absolute Gasteiger partial charge is 0.497 e. The number of carbonyl (C=O) groups is 1. The van der Waals surface area contributed by atoms with Crippen molar-refractivity contribution in [1.29, 1.82) is 0 Å². The number of benzene rings is 2. The van der Waals surface area contributed by atoms with E-state index < -0.39 is 17.7 Å². The number of carbonyl (C=O) groups excluding carboxylic acids is 1. The van der Waals surface area contributed by atoms with Gasteiger partial charge in [0.15, 0.2) is 17.5 Å². The molecule has 0 fully saturated rings. The van der Waals surface area contributed by atoms with Gasteiger partial charge in [0.1, 0.15) is 5.75 Å². The van der Waals surface area contributed by atoms with Crippen molar-refractivity contribution in [3.05, 3.63) is 59.9 Å². The van der Waals surface area contributed by atoms with Gasteiger partial charge in [-0.3, -0.25) is 0 Å². The number of nitrogens with one attached hydrogen (secondary N) is 2. The summed E-state index contributed by atoms with van der Waals surface area (Å²) >= 11 is 0. The van der Waals surface area contributed by atoms with Gasteiger partial charge in [0.25, 0.3) is 0 Å². The van der Waals surface area contributed by atoms with Gasteiger partial charge in [-0.25, -0.2) is 13.6 Å². The maximum Gasteiger partial charge on any atom is 0.319 e. The number of methoxy groups -OCH3 is 1. The Kier molecular flexibility index (Phi) is 5.02. The van der Waals surface area contributed by atoms with Crippen LogP contribution in [0.2, 0.25) is 0 Å². The number of rotatable bonds is 5. The Morgan fingerprint density at radius 1 is 1.19 bits per heavy atom. The van der Waals surface area contributed by atoms with Gasteiger partial charge >= 0.3 is 6.03 Å². The topological polar surface area (TPSA) is 94.0 Å². The molecule has 1 heterocycles. The summed E-state index contributed by atoms with van der Waals surface area (Å²) in [7, 11) is 1.53. The van der Waals surface area contributed by atoms with E-state index in [1.165, 1.54) is 17.9 Å². The highest BCUT2D eigenvalue weighted by Gasteiger charge is 2.12. The summed E-state index contributed by atoms with van der Waals surface area (Å²) in [4.78, 5) is 12.0. The molecule has 0 aliphatic heterocycles. The lowest BCUT2D eigenvalue weighted by molar-refractivity contribution is 0.251. The maximum absolute atomic E-state index is 13.4. The van der Waals surface area contributed by atoms with Crippen LogP contribution in [0.1, 0.15) is 5.82 Å². The number of anilines is 1. The summed E-state index contributed by atoms with van der Waals surface area (Å²) in [5, 5.41) is 16.2. The number of amides is 2. The molecule has 3 aromatic rings. The molecular weight excluding hydrogens is 346 g/mol. The first-order valence-corrected chi connectivity index (χ1v) is 7.48. The molecule has 0 saturated carbocycles. The second-order valence-corrected chi connectivity index (χ2v) is 5.14. The van der Waals surface area contributed by atoms with E-state index in [9.17, 15) is 13.6 Å². The molecule has 8 nitrogen and oxygen atoms in total. The summed E-state index contributed by atoms with van der Waals surface area (Å²) in [6.07, 6.45) is 0. The number of urea groups is 1. The minimum atomic E-state index is -1.02. The van der Waals surface area contributed by atoms with Gasteiger partial charge in [-0.15, -0.1) is 5.10 Å². The van der Waals surface area contributed by atoms with Crippen molar-refractivity contribution < 1.29 is 18.3 Å². The molecule has 0 unspecified atom stereocenters. The van der Waals surface area contributed by atoms with E-state index >= 15 is 0 Å². The van der Waals surface area contributed by atoms with Crippen molar-refractivity contribution in [2.75, 3.05) is 12.4 Å². The summed E-state index contributed by atoms with van der Waals surface area (Å²) in [6, 6.07) is 9.62. The zero-order valence-electron chi connectivity index (χ0n) is 13.6. The minimum absolute atomic E-state index is 0.0260. The average Bonchev–Trinajstić information content (AvgIpc) is 3.11. The van der Waals surface area contributed by atoms with Crippen molar-refractivity contribution in [2.24, 2.45) is 0 Å². The molecule has 2 N–H and O–H groups in total. The van der Waals surface area contributed by atoms with Gasteiger partial charge in [-0.2, -0.15) is 4.68 Å². The van der Waals surface area contributed by atoms with Gasteiger partial charge in [0.05, 0.1) is 19.3 Å². The SMILES string of the molecule is COc1cccc(NC(=O)NCc2nnnn2-c2ccc(F)c(F)c2)c1. The first-order chi connectivity index (χ1) is 12.6. The fraction of sp³-hybridized carbons (Fsp3) is 0.125. The van der Waals surface area contributed by atoms with E-state index in [4.69, 9.17) is 4.74 Å². The van der Waals surface area contributed by atoms with Crippen LogP contribution in [-0.4, -0.2) is 33.3 Å². The monoisotopic (exact) mass is 360 g/mol. The summed E-state index contributed by atoms with van der Waals surface area (Å²) in [6.45, 7) is -0.0260. The van der Waals surface area contributed by atoms with E-state index in [1.807, 2.05) is 0 Å². The molecule has 0 saturated heterocycles. The number of aromatic nitrogens is 4. The number of nitrogens with zero attached hydrogens (tertiary/aromatic N) is 4. The molecule has 10 heteroatoms. The summed E-state index contributed by atoms with van der Waals surface area (Å²) < 4.78 is 32.7. The molecule has 2 aromatic carbocycles. The van der Waals surface area contributed by atoms with E-state index in [-0.39, 0.29) is 18.1 Å². The molecule has 0 radical (unpaired) electrons. The first kappa shape index (κ1) is 17.3. The molecular formula is C16H14F2N6O2. The standard InChI is InChI=1S/C16H14F2N6O2/c1-26-12-4-2-3-10(7-12)20-16(25)19-9-15-21-22-23-24(15)11-5-6-13(17)14(18)8-11/h2-8H,9H2,1H3,(H2,19,20,25). The molecule has 0 aliphatic carbocycles. The number of halogens is 2. The van der Waals surface area contributed by atoms with Crippen molar-refractivity contribution in [2.45, 2.75) is 6.54 Å². The number of hydrogen-bond donors (Lipinski definition) is 2. The molecule has 0 aliphatic rings. The highest BCUT2D eigenvalue weighted by atomic mass is 19.2. The van der Waals surface area contributed by atoms with Gasteiger partial charge in [0.2, 0.25) is 0 Å². The van der Waals surface area contributed by atoms with Crippen LogP contribution in [0.25, 0.3) is 5.69 Å². The molecule has 0 bridgehead atoms. The van der Waals surface area contributed by atoms with E-state index in [0.29, 0.717) is 11.4 Å². The van der Waals surface area contributed by atoms with Crippen LogP contribution in [0.4, 0.5) is 19.3 Å². The lowest BCUT2D eigenvalue weighted by atomic mass is 10.3. The quantitative estimate of drug-likeness (QED) is 0.728. The highest BCUT2D eigenvalue weighted by molar-refractivity contribution is 5.89. The van der Waals surface area contributed by atoms with Crippen LogP contribution in [0.5, 0.6) is 5.75 Å². The Morgan fingerprint density at radius 2 is 2.04 bits per heavy atom. The molecule has 0 spiro atoms. The zero-order chi connectivity index (χ0) is 18.5. The Balaban J connectivity index is 1.66. The highest BCUT2D eigenvalue weighted by Crippen LogP contribution is 2.16. The number of tetrazole rings is 1. The Morgan fingerprint density at radius 3 is 2.81 bits per heavy atom. The minimum Gasteiger partial charge on any atom is -0.497 e. The second kappa shape index (κ2) is 7.55. The van der Waals surface area contributed by atoms with Crippen molar-refractivity contribution in [3.63, 3.8) is 0 Å². The predicted molar refractivity (Wildman–Crippen MR) is 87.9 cm³/mol. The van der Waals surface area contributed by atoms with Gasteiger partial charge < -0.3 is 15.4 Å².